The highest BCUT2D eigenvalue weighted by atomic mass is 19.4. The molecule has 1 amide bonds. The smallest absolute Gasteiger partial charge is 0.416 e. The van der Waals surface area contributed by atoms with Crippen LogP contribution in [-0.4, -0.2) is 48.7 Å². The first kappa shape index (κ1) is 21.0. The minimum Gasteiger partial charge on any atom is -0.484 e. The molecule has 0 bridgehead atoms. The van der Waals surface area contributed by atoms with E-state index in [0.717, 1.165) is 24.1 Å². The zero-order valence-electron chi connectivity index (χ0n) is 16.0. The summed E-state index contributed by atoms with van der Waals surface area (Å²) in [5.41, 5.74) is 0.761. The highest BCUT2D eigenvalue weighted by molar-refractivity contribution is 5.78. The van der Waals surface area contributed by atoms with E-state index in [9.17, 15) is 18.0 Å². The molecule has 0 radical (unpaired) electrons. The van der Waals surface area contributed by atoms with Gasteiger partial charge < -0.3 is 19.6 Å². The van der Waals surface area contributed by atoms with Crippen LogP contribution in [-0.2, 0) is 17.6 Å². The molecule has 0 unspecified atom stereocenters. The van der Waals surface area contributed by atoms with Gasteiger partial charge in [-0.25, -0.2) is 0 Å². The van der Waals surface area contributed by atoms with Crippen LogP contribution in [0, 0.1) is 0 Å². The number of benzene rings is 2. The lowest BCUT2D eigenvalue weighted by Crippen LogP contribution is -2.38. The molecule has 1 heterocycles. The summed E-state index contributed by atoms with van der Waals surface area (Å²) in [5, 5.41) is 9.04. The van der Waals surface area contributed by atoms with Crippen molar-refractivity contribution in [3.05, 3.63) is 59.7 Å². The first-order chi connectivity index (χ1) is 13.8. The van der Waals surface area contributed by atoms with Crippen LogP contribution in [0.5, 0.6) is 5.75 Å². The fourth-order valence-corrected chi connectivity index (χ4v) is 3.31. The SMILES string of the molecule is CN(c1ccc(C(F)(F)F)cc1)[C@@H]1CCN(C(=O)COc2ccc(CO)cc2)C1. The van der Waals surface area contributed by atoms with Gasteiger partial charge in [0.1, 0.15) is 5.75 Å². The van der Waals surface area contributed by atoms with Crippen LogP contribution in [0.25, 0.3) is 0 Å². The number of alkyl halides is 3. The van der Waals surface area contributed by atoms with Gasteiger partial charge in [0, 0.05) is 31.9 Å². The number of rotatable bonds is 6. The second-order valence-electron chi connectivity index (χ2n) is 7.03. The molecule has 3 rings (SSSR count). The van der Waals surface area contributed by atoms with Crippen LogP contribution < -0.4 is 9.64 Å². The number of aliphatic hydroxyl groups is 1. The van der Waals surface area contributed by atoms with Crippen molar-refractivity contribution in [2.75, 3.05) is 31.6 Å². The number of carbonyl (C=O) groups excluding carboxylic acids is 1. The Balaban J connectivity index is 1.52. The molecule has 0 saturated carbocycles. The zero-order valence-corrected chi connectivity index (χ0v) is 16.0. The largest absolute Gasteiger partial charge is 0.484 e. The molecule has 8 heteroatoms. The molecule has 1 aliphatic rings. The van der Waals surface area contributed by atoms with Crippen molar-refractivity contribution in [1.82, 2.24) is 4.90 Å². The average molecular weight is 408 g/mol. The minimum atomic E-state index is -4.36. The summed E-state index contributed by atoms with van der Waals surface area (Å²) in [5.74, 6) is 0.410. The summed E-state index contributed by atoms with van der Waals surface area (Å²) >= 11 is 0. The third-order valence-electron chi connectivity index (χ3n) is 5.13. The Morgan fingerprint density at radius 3 is 2.41 bits per heavy atom. The summed E-state index contributed by atoms with van der Waals surface area (Å²) in [6.07, 6.45) is -3.62. The maximum Gasteiger partial charge on any atom is 0.416 e. The molecule has 1 saturated heterocycles. The van der Waals surface area contributed by atoms with E-state index < -0.39 is 11.7 Å². The first-order valence-corrected chi connectivity index (χ1v) is 9.28. The van der Waals surface area contributed by atoms with Gasteiger partial charge in [-0.2, -0.15) is 13.2 Å². The Morgan fingerprint density at radius 1 is 1.17 bits per heavy atom. The van der Waals surface area contributed by atoms with Crippen molar-refractivity contribution in [2.24, 2.45) is 0 Å². The van der Waals surface area contributed by atoms with Crippen molar-refractivity contribution in [1.29, 1.82) is 0 Å². The summed E-state index contributed by atoms with van der Waals surface area (Å²) in [6, 6.07) is 11.9. The number of halogens is 3. The molecule has 1 atom stereocenters. The number of anilines is 1. The maximum absolute atomic E-state index is 12.7. The van der Waals surface area contributed by atoms with E-state index in [1.807, 2.05) is 11.9 Å². The third kappa shape index (κ3) is 5.20. The zero-order chi connectivity index (χ0) is 21.0. The molecule has 0 spiro atoms. The van der Waals surface area contributed by atoms with Crippen molar-refractivity contribution in [3.63, 3.8) is 0 Å². The van der Waals surface area contributed by atoms with Gasteiger partial charge in [0.15, 0.2) is 6.61 Å². The predicted molar refractivity (Wildman–Crippen MR) is 103 cm³/mol. The Bertz CT molecular complexity index is 823. The van der Waals surface area contributed by atoms with Crippen molar-refractivity contribution < 1.29 is 27.8 Å². The highest BCUT2D eigenvalue weighted by Gasteiger charge is 2.32. The van der Waals surface area contributed by atoms with E-state index in [4.69, 9.17) is 9.84 Å². The van der Waals surface area contributed by atoms with E-state index in [1.54, 1.807) is 29.2 Å². The molecule has 0 aromatic heterocycles. The van der Waals surface area contributed by atoms with Crippen molar-refractivity contribution >= 4 is 11.6 Å². The molecule has 2 aromatic carbocycles. The standard InChI is InChI=1S/C21H23F3N2O3/c1-25(17-6-4-16(5-7-17)21(22,23)24)18-10-11-26(12-18)20(28)14-29-19-8-2-15(13-27)3-9-19/h2-9,18,27H,10-14H2,1H3/t18-/m1/s1. The van der Waals surface area contributed by atoms with Gasteiger partial charge in [-0.05, 0) is 48.4 Å². The van der Waals surface area contributed by atoms with Gasteiger partial charge in [-0.3, -0.25) is 4.79 Å². The fourth-order valence-electron chi connectivity index (χ4n) is 3.31. The summed E-state index contributed by atoms with van der Waals surface area (Å²) < 4.78 is 43.7. The summed E-state index contributed by atoms with van der Waals surface area (Å²) in [6.45, 7) is 0.917. The van der Waals surface area contributed by atoms with E-state index in [2.05, 4.69) is 0 Å². The van der Waals surface area contributed by atoms with Crippen molar-refractivity contribution in [3.8, 4) is 5.75 Å². The molecule has 1 fully saturated rings. The number of ether oxygens (including phenoxy) is 1. The number of likely N-dealkylation sites (tertiary alicyclic amines) is 1. The van der Waals surface area contributed by atoms with Gasteiger partial charge in [0.25, 0.3) is 5.91 Å². The molecule has 29 heavy (non-hydrogen) atoms. The number of aliphatic hydroxyl groups excluding tert-OH is 1. The van der Waals surface area contributed by atoms with Crippen LogP contribution in [0.15, 0.2) is 48.5 Å². The van der Waals surface area contributed by atoms with E-state index in [-0.39, 0.29) is 25.2 Å². The quantitative estimate of drug-likeness (QED) is 0.797. The molecule has 1 N–H and O–H groups in total. The number of hydrogen-bond donors (Lipinski definition) is 1. The summed E-state index contributed by atoms with van der Waals surface area (Å²) in [7, 11) is 1.82. The number of likely N-dealkylation sites (N-methyl/N-ethyl adjacent to an activating group) is 1. The lowest BCUT2D eigenvalue weighted by molar-refractivity contribution is -0.137. The number of amides is 1. The first-order valence-electron chi connectivity index (χ1n) is 9.28. The van der Waals surface area contributed by atoms with Crippen molar-refractivity contribution in [2.45, 2.75) is 25.2 Å². The molecular formula is C21H23F3N2O3. The van der Waals surface area contributed by atoms with E-state index >= 15 is 0 Å². The van der Waals surface area contributed by atoms with E-state index in [0.29, 0.717) is 24.5 Å². The minimum absolute atomic E-state index is 0.0273. The van der Waals surface area contributed by atoms with Crippen LogP contribution >= 0.6 is 0 Å². The lowest BCUT2D eigenvalue weighted by Gasteiger charge is -2.27. The van der Waals surface area contributed by atoms with Gasteiger partial charge in [-0.15, -0.1) is 0 Å². The predicted octanol–water partition coefficient (Wildman–Crippen LogP) is 3.31. The molecule has 5 nitrogen and oxygen atoms in total. The average Bonchev–Trinajstić information content (AvgIpc) is 3.21. The fraction of sp³-hybridized carbons (Fsp3) is 0.381. The Hall–Kier alpha value is -2.74. The van der Waals surface area contributed by atoms with Crippen LogP contribution in [0.1, 0.15) is 17.5 Å². The Kier molecular flexibility index (Phi) is 6.32. The molecule has 0 aliphatic carbocycles. The lowest BCUT2D eigenvalue weighted by atomic mass is 10.1. The van der Waals surface area contributed by atoms with E-state index in [1.165, 1.54) is 12.1 Å². The maximum atomic E-state index is 12.7. The van der Waals surface area contributed by atoms with Gasteiger partial charge in [0.05, 0.1) is 12.2 Å². The molecular weight excluding hydrogens is 385 g/mol. The van der Waals surface area contributed by atoms with Gasteiger partial charge in [0.2, 0.25) is 0 Å². The normalized spacial score (nSPS) is 16.7. The third-order valence-corrected chi connectivity index (χ3v) is 5.13. The van der Waals surface area contributed by atoms with Gasteiger partial charge in [-0.1, -0.05) is 12.1 Å². The topological polar surface area (TPSA) is 53.0 Å². The second kappa shape index (κ2) is 8.73. The monoisotopic (exact) mass is 408 g/mol. The van der Waals surface area contributed by atoms with Gasteiger partial charge >= 0.3 is 6.18 Å². The summed E-state index contributed by atoms with van der Waals surface area (Å²) in [4.78, 5) is 16.0. The number of hydrogen-bond acceptors (Lipinski definition) is 4. The highest BCUT2D eigenvalue weighted by Crippen LogP contribution is 2.31. The number of nitrogens with zero attached hydrogens (tertiary/aromatic N) is 2. The van der Waals surface area contributed by atoms with Crippen LogP contribution in [0.3, 0.4) is 0 Å². The second-order valence-corrected chi connectivity index (χ2v) is 7.03. The Morgan fingerprint density at radius 2 is 1.83 bits per heavy atom. The van der Waals surface area contributed by atoms with Crippen LogP contribution in [0.4, 0.5) is 18.9 Å². The Labute approximate surface area is 167 Å². The number of carbonyl (C=O) groups is 1. The molecule has 156 valence electrons. The molecule has 1 aliphatic heterocycles. The van der Waals surface area contributed by atoms with Crippen LogP contribution in [0.2, 0.25) is 0 Å². The molecule has 2 aromatic rings.